The molecule has 1 aromatic rings. The van der Waals surface area contributed by atoms with Crippen molar-refractivity contribution in [2.24, 2.45) is 5.92 Å². The molecule has 2 saturated heterocycles. The van der Waals surface area contributed by atoms with Crippen molar-refractivity contribution < 1.29 is 18.8 Å². The fraction of sp³-hybridized carbons (Fsp3) is 0.571. The van der Waals surface area contributed by atoms with Gasteiger partial charge in [-0.25, -0.2) is 4.39 Å². The number of unbranched alkanes of at least 4 members (excludes halogenated alkanes) is 1. The van der Waals surface area contributed by atoms with Gasteiger partial charge >= 0.3 is 0 Å². The van der Waals surface area contributed by atoms with Gasteiger partial charge in [0.25, 0.3) is 0 Å². The van der Waals surface area contributed by atoms with Crippen molar-refractivity contribution in [3.63, 3.8) is 0 Å². The van der Waals surface area contributed by atoms with Crippen LogP contribution in [0.5, 0.6) is 0 Å². The summed E-state index contributed by atoms with van der Waals surface area (Å²) in [6.07, 6.45) is 2.81. The Hall–Kier alpha value is -2.44. The molecule has 2 heterocycles. The summed E-state index contributed by atoms with van der Waals surface area (Å²) in [5.41, 5.74) is 0.709. The van der Waals surface area contributed by atoms with Gasteiger partial charge in [-0.15, -0.1) is 0 Å². The van der Waals surface area contributed by atoms with Crippen molar-refractivity contribution >= 4 is 17.7 Å². The molecule has 3 rings (SSSR count). The molecule has 6 nitrogen and oxygen atoms in total. The molecular weight excluding hydrogens is 361 g/mol. The highest BCUT2D eigenvalue weighted by Gasteiger charge is 2.35. The normalized spacial score (nSPS) is 20.6. The lowest BCUT2D eigenvalue weighted by molar-refractivity contribution is -0.151. The summed E-state index contributed by atoms with van der Waals surface area (Å²) in [6.45, 7) is 4.69. The van der Waals surface area contributed by atoms with Crippen LogP contribution in [0.4, 0.5) is 4.39 Å². The van der Waals surface area contributed by atoms with E-state index in [0.29, 0.717) is 44.6 Å². The number of carbonyl (C=O) groups is 3. The standard InChI is InChI=1S/C21H28FN3O3/c1-2-3-9-23-10-11-24(15-20(23)27)21(28)17-7-8-19(26)25(14-17)13-16-5-4-6-18(22)12-16/h4-6,12,17H,2-3,7-11,13-15H2,1H3/t17-/m0/s1. The zero-order chi connectivity index (χ0) is 20.1. The molecule has 2 aliphatic rings. The van der Waals surface area contributed by atoms with Crippen LogP contribution in [0.2, 0.25) is 0 Å². The first kappa shape index (κ1) is 20.3. The lowest BCUT2D eigenvalue weighted by Crippen LogP contribution is -2.55. The molecule has 0 unspecified atom stereocenters. The molecule has 2 fully saturated rings. The molecule has 0 saturated carbocycles. The molecule has 0 spiro atoms. The Bertz CT molecular complexity index is 739. The van der Waals surface area contributed by atoms with E-state index in [9.17, 15) is 18.8 Å². The predicted molar refractivity (Wildman–Crippen MR) is 103 cm³/mol. The highest BCUT2D eigenvalue weighted by molar-refractivity contribution is 5.88. The maximum absolute atomic E-state index is 13.4. The molecule has 3 amide bonds. The van der Waals surface area contributed by atoms with Crippen molar-refractivity contribution in [3.05, 3.63) is 35.6 Å². The maximum atomic E-state index is 13.4. The molecule has 7 heteroatoms. The molecule has 0 radical (unpaired) electrons. The Morgan fingerprint density at radius 3 is 2.71 bits per heavy atom. The van der Waals surface area contributed by atoms with Crippen LogP contribution in [0.1, 0.15) is 38.2 Å². The van der Waals surface area contributed by atoms with E-state index in [-0.39, 0.29) is 36.0 Å². The average Bonchev–Trinajstić information content (AvgIpc) is 2.68. The van der Waals surface area contributed by atoms with Crippen LogP contribution >= 0.6 is 0 Å². The second-order valence-corrected chi connectivity index (χ2v) is 7.63. The summed E-state index contributed by atoms with van der Waals surface area (Å²) >= 11 is 0. The van der Waals surface area contributed by atoms with Gasteiger partial charge in [-0.1, -0.05) is 25.5 Å². The summed E-state index contributed by atoms with van der Waals surface area (Å²) in [5, 5.41) is 0. The molecule has 1 atom stereocenters. The minimum absolute atomic E-state index is 0.00319. The largest absolute Gasteiger partial charge is 0.339 e. The van der Waals surface area contributed by atoms with Gasteiger partial charge in [-0.05, 0) is 30.5 Å². The van der Waals surface area contributed by atoms with E-state index in [4.69, 9.17) is 0 Å². The monoisotopic (exact) mass is 389 g/mol. The van der Waals surface area contributed by atoms with Gasteiger partial charge in [0.05, 0.1) is 12.5 Å². The van der Waals surface area contributed by atoms with Gasteiger partial charge in [-0.3, -0.25) is 14.4 Å². The molecule has 0 N–H and O–H groups in total. The fourth-order valence-electron chi connectivity index (χ4n) is 3.87. The molecule has 28 heavy (non-hydrogen) atoms. The smallest absolute Gasteiger partial charge is 0.242 e. The molecule has 2 aliphatic heterocycles. The summed E-state index contributed by atoms with van der Waals surface area (Å²) < 4.78 is 13.4. The van der Waals surface area contributed by atoms with Gasteiger partial charge in [0.15, 0.2) is 0 Å². The Morgan fingerprint density at radius 1 is 1.18 bits per heavy atom. The molecule has 1 aromatic carbocycles. The van der Waals surface area contributed by atoms with E-state index in [0.717, 1.165) is 19.4 Å². The van der Waals surface area contributed by atoms with E-state index >= 15 is 0 Å². The van der Waals surface area contributed by atoms with Crippen LogP contribution in [0.15, 0.2) is 24.3 Å². The zero-order valence-electron chi connectivity index (χ0n) is 16.4. The van der Waals surface area contributed by atoms with Gasteiger partial charge < -0.3 is 14.7 Å². The number of carbonyl (C=O) groups excluding carboxylic acids is 3. The maximum Gasteiger partial charge on any atom is 0.242 e. The van der Waals surface area contributed by atoms with Crippen LogP contribution in [0, 0.1) is 11.7 Å². The zero-order valence-corrected chi connectivity index (χ0v) is 16.4. The van der Waals surface area contributed by atoms with Crippen LogP contribution in [-0.2, 0) is 20.9 Å². The Kier molecular flexibility index (Phi) is 6.65. The highest BCUT2D eigenvalue weighted by atomic mass is 19.1. The Balaban J connectivity index is 1.58. The quantitative estimate of drug-likeness (QED) is 0.748. The summed E-state index contributed by atoms with van der Waals surface area (Å²) in [6, 6.07) is 6.17. The number of hydrogen-bond acceptors (Lipinski definition) is 3. The van der Waals surface area contributed by atoms with Gasteiger partial charge in [0.1, 0.15) is 5.82 Å². The number of benzene rings is 1. The average molecular weight is 389 g/mol. The van der Waals surface area contributed by atoms with E-state index in [1.807, 2.05) is 4.90 Å². The van der Waals surface area contributed by atoms with Gasteiger partial charge in [0.2, 0.25) is 17.7 Å². The Morgan fingerprint density at radius 2 is 2.00 bits per heavy atom. The number of piperidine rings is 1. The third-order valence-electron chi connectivity index (χ3n) is 5.52. The van der Waals surface area contributed by atoms with E-state index < -0.39 is 0 Å². The second-order valence-electron chi connectivity index (χ2n) is 7.63. The number of nitrogens with zero attached hydrogens (tertiary/aromatic N) is 3. The number of halogens is 1. The number of piperazine rings is 1. The number of hydrogen-bond donors (Lipinski definition) is 0. The highest BCUT2D eigenvalue weighted by Crippen LogP contribution is 2.23. The predicted octanol–water partition coefficient (Wildman–Crippen LogP) is 2.04. The first-order valence-electron chi connectivity index (χ1n) is 10.1. The first-order chi connectivity index (χ1) is 13.5. The fourth-order valence-corrected chi connectivity index (χ4v) is 3.87. The third kappa shape index (κ3) is 4.88. The van der Waals surface area contributed by atoms with Gasteiger partial charge in [-0.2, -0.15) is 0 Å². The second kappa shape index (κ2) is 9.17. The summed E-state index contributed by atoms with van der Waals surface area (Å²) in [7, 11) is 0. The minimum Gasteiger partial charge on any atom is -0.339 e. The molecule has 0 bridgehead atoms. The third-order valence-corrected chi connectivity index (χ3v) is 5.52. The first-order valence-corrected chi connectivity index (χ1v) is 10.1. The number of rotatable bonds is 6. The molecule has 0 aromatic heterocycles. The van der Waals surface area contributed by atoms with E-state index in [1.165, 1.54) is 12.1 Å². The lowest BCUT2D eigenvalue weighted by atomic mass is 9.95. The van der Waals surface area contributed by atoms with Crippen molar-refractivity contribution in [1.82, 2.24) is 14.7 Å². The van der Waals surface area contributed by atoms with Crippen molar-refractivity contribution in [2.45, 2.75) is 39.2 Å². The lowest BCUT2D eigenvalue weighted by Gasteiger charge is -2.38. The van der Waals surface area contributed by atoms with Crippen LogP contribution in [0.3, 0.4) is 0 Å². The summed E-state index contributed by atoms with van der Waals surface area (Å²) in [5.74, 6) is -0.721. The molecular formula is C21H28FN3O3. The minimum atomic E-state index is -0.339. The van der Waals surface area contributed by atoms with Crippen LogP contribution in [0.25, 0.3) is 0 Å². The Labute approximate surface area is 165 Å². The van der Waals surface area contributed by atoms with E-state index in [1.54, 1.807) is 21.9 Å². The van der Waals surface area contributed by atoms with E-state index in [2.05, 4.69) is 6.92 Å². The van der Waals surface area contributed by atoms with Crippen LogP contribution < -0.4 is 0 Å². The van der Waals surface area contributed by atoms with Gasteiger partial charge in [0, 0.05) is 39.1 Å². The molecule has 152 valence electrons. The van der Waals surface area contributed by atoms with Crippen molar-refractivity contribution in [1.29, 1.82) is 0 Å². The van der Waals surface area contributed by atoms with Crippen molar-refractivity contribution in [3.8, 4) is 0 Å². The topological polar surface area (TPSA) is 60.9 Å². The number of likely N-dealkylation sites (tertiary alicyclic amines) is 1. The molecule has 0 aliphatic carbocycles. The number of amides is 3. The summed E-state index contributed by atoms with van der Waals surface area (Å²) in [4.78, 5) is 42.6. The SMILES string of the molecule is CCCCN1CCN(C(=O)[C@H]2CCC(=O)N(Cc3cccc(F)c3)C2)CC1=O. The van der Waals surface area contributed by atoms with Crippen LogP contribution in [-0.4, -0.2) is 65.1 Å². The van der Waals surface area contributed by atoms with Crippen molar-refractivity contribution in [2.75, 3.05) is 32.7 Å².